The summed E-state index contributed by atoms with van der Waals surface area (Å²) in [7, 11) is -5.39. The van der Waals surface area contributed by atoms with Crippen LogP contribution >= 0.6 is 7.82 Å². The molecule has 18 heteroatoms. The second-order valence-electron chi connectivity index (χ2n) is 5.97. The smallest absolute Gasteiger partial charge is 0.822 e. The van der Waals surface area contributed by atoms with Crippen molar-refractivity contribution in [3.63, 3.8) is 0 Å². The first-order valence-electron chi connectivity index (χ1n) is 7.81. The van der Waals surface area contributed by atoms with Crippen LogP contribution < -0.4 is 14.7 Å². The number of hydrogen-bond acceptors (Lipinski definition) is 15. The summed E-state index contributed by atoms with van der Waals surface area (Å²) in [5.74, 6) is 0. The fourth-order valence-electron chi connectivity index (χ4n) is 2.57. The maximum atomic E-state index is 9.94. The van der Waals surface area contributed by atoms with Crippen LogP contribution in [0.1, 0.15) is 0 Å². The molecule has 0 aromatic rings. The first kappa shape index (κ1) is 34.4. The molecule has 0 spiro atoms. The molecule has 0 aromatic heterocycles. The molecule has 2 rings (SSSR count). The minimum atomic E-state index is -5.39. The maximum Gasteiger partial charge on any atom is 2.00 e. The van der Waals surface area contributed by atoms with Gasteiger partial charge in [-0.15, -0.1) is 0 Å². The molecule has 0 amide bonds. The third-order valence-electron chi connectivity index (χ3n) is 3.98. The van der Waals surface area contributed by atoms with Gasteiger partial charge in [0.05, 0.1) is 13.2 Å². The fraction of sp³-hybridized carbons (Fsp3) is 1.00. The third kappa shape index (κ3) is 10.2. The summed E-state index contributed by atoms with van der Waals surface area (Å²) in [6.45, 7) is -1.35. The van der Waals surface area contributed by atoms with E-state index in [1.807, 2.05) is 0 Å². The molecule has 2 heterocycles. The zero-order valence-corrected chi connectivity index (χ0v) is 20.8. The number of aliphatic hydroxyl groups is 8. The van der Waals surface area contributed by atoms with E-state index in [9.17, 15) is 35.7 Å². The number of phosphoric acid groups is 1. The van der Waals surface area contributed by atoms with Crippen LogP contribution in [0.3, 0.4) is 0 Å². The van der Waals surface area contributed by atoms with Gasteiger partial charge in [0.1, 0.15) is 48.8 Å². The molecule has 0 bridgehead atoms. The molecule has 0 aromatic carbocycles. The Morgan fingerprint density at radius 1 is 0.733 bits per heavy atom. The van der Waals surface area contributed by atoms with Gasteiger partial charge in [-0.3, -0.25) is 0 Å². The van der Waals surface area contributed by atoms with Gasteiger partial charge in [0.25, 0.3) is 0 Å². The maximum absolute atomic E-state index is 9.94. The summed E-state index contributed by atoms with van der Waals surface area (Å²) in [4.78, 5) is 25.6. The van der Waals surface area contributed by atoms with Gasteiger partial charge in [-0.2, -0.15) is 7.82 Å². The molecular formula is C12H22Ca2O15P+. The van der Waals surface area contributed by atoms with E-state index in [0.717, 1.165) is 0 Å². The van der Waals surface area contributed by atoms with E-state index in [1.54, 1.807) is 0 Å². The molecule has 8 N–H and O–H groups in total. The van der Waals surface area contributed by atoms with Crippen LogP contribution in [0.2, 0.25) is 0 Å². The Hall–Kier alpha value is 2.19. The van der Waals surface area contributed by atoms with E-state index >= 15 is 0 Å². The van der Waals surface area contributed by atoms with E-state index in [0.29, 0.717) is 0 Å². The van der Waals surface area contributed by atoms with Crippen LogP contribution in [0, 0.1) is 0 Å². The predicted octanol–water partition coefficient (Wildman–Crippen LogP) is -8.98. The molecule has 2 aliphatic rings. The average Bonchev–Trinajstić information content (AvgIpc) is 2.60. The SMILES string of the molecule is O=P([O-])([O-])[O-].OC[C@H]1O[C@@H](O[C@H]2[C@H](O)[C@@H](O)C(O)O[C@@H]2CO)[C@H](O)[C@@H](O)[C@H]1O.[Ca+2].[Ca+2]. The van der Waals surface area contributed by atoms with Crippen molar-refractivity contribution in [2.24, 2.45) is 0 Å². The summed E-state index contributed by atoms with van der Waals surface area (Å²) in [5.41, 5.74) is 0. The molecule has 2 fully saturated rings. The monoisotopic (exact) mass is 517 g/mol. The fourth-order valence-corrected chi connectivity index (χ4v) is 2.57. The van der Waals surface area contributed by atoms with E-state index < -0.39 is 82.4 Å². The van der Waals surface area contributed by atoms with Crippen molar-refractivity contribution in [3.8, 4) is 0 Å². The Bertz CT molecular complexity index is 514. The van der Waals surface area contributed by atoms with Crippen molar-refractivity contribution in [1.82, 2.24) is 0 Å². The number of aliphatic hydroxyl groups excluding tert-OH is 8. The molecule has 15 nitrogen and oxygen atoms in total. The van der Waals surface area contributed by atoms with E-state index in [4.69, 9.17) is 38.6 Å². The normalized spacial score (nSPS) is 41.6. The second-order valence-corrected chi connectivity index (χ2v) is 6.87. The van der Waals surface area contributed by atoms with Gasteiger partial charge in [0.2, 0.25) is 0 Å². The van der Waals surface area contributed by atoms with Gasteiger partial charge in [0.15, 0.2) is 12.6 Å². The summed E-state index contributed by atoms with van der Waals surface area (Å²) in [6.07, 6.45) is -15.6. The molecule has 10 atom stereocenters. The molecular weight excluding hydrogens is 495 g/mol. The predicted molar refractivity (Wildman–Crippen MR) is 87.7 cm³/mol. The second kappa shape index (κ2) is 15.2. The first-order valence-corrected chi connectivity index (χ1v) is 9.27. The van der Waals surface area contributed by atoms with Gasteiger partial charge in [-0.05, 0) is 0 Å². The third-order valence-corrected chi connectivity index (χ3v) is 3.98. The largest absolute Gasteiger partial charge is 2.00 e. The number of rotatable bonds is 4. The van der Waals surface area contributed by atoms with Gasteiger partial charge >= 0.3 is 75.5 Å². The molecule has 2 aliphatic heterocycles. The average molecular weight is 517 g/mol. The molecule has 0 saturated carbocycles. The van der Waals surface area contributed by atoms with Gasteiger partial charge in [-0.1, -0.05) is 0 Å². The van der Waals surface area contributed by atoms with Crippen molar-refractivity contribution in [3.05, 3.63) is 0 Å². The number of ether oxygens (including phenoxy) is 3. The van der Waals surface area contributed by atoms with Crippen LogP contribution in [0.5, 0.6) is 0 Å². The Labute approximate surface area is 230 Å². The van der Waals surface area contributed by atoms with E-state index in [-0.39, 0.29) is 75.5 Å². The van der Waals surface area contributed by atoms with Crippen molar-refractivity contribution in [2.75, 3.05) is 13.2 Å². The van der Waals surface area contributed by atoms with Crippen LogP contribution in [0.15, 0.2) is 0 Å². The molecule has 168 valence electrons. The number of hydrogen-bond donors (Lipinski definition) is 8. The molecule has 0 radical (unpaired) electrons. The standard InChI is InChI=1S/C12H22O11.2Ca.H3O4P/c13-1-3-5(15)6(16)9(19)12(22-3)23-10-4(2-14)21-11(20)8(18)7(10)17;;;1-5(2,3)4/h3-20H,1-2H2;;;(H3,1,2,3,4)/q;2*+2;/p-3/t3-,4-,5+,6+,7-,8-,9-,10-,11?,12+;;;/m1.../s1. The molecule has 2 saturated heterocycles. The van der Waals surface area contributed by atoms with Gasteiger partial charge < -0.3 is 74.3 Å². The summed E-state index contributed by atoms with van der Waals surface area (Å²) < 4.78 is 23.8. The topological polar surface area (TPSA) is 276 Å². The molecule has 30 heavy (non-hydrogen) atoms. The zero-order chi connectivity index (χ0) is 21.8. The van der Waals surface area contributed by atoms with Crippen LogP contribution in [-0.2, 0) is 18.8 Å². The van der Waals surface area contributed by atoms with Crippen molar-refractivity contribution < 1.29 is 74.3 Å². The van der Waals surface area contributed by atoms with Gasteiger partial charge in [-0.25, -0.2) is 0 Å². The van der Waals surface area contributed by atoms with Crippen molar-refractivity contribution in [2.45, 2.75) is 61.4 Å². The van der Waals surface area contributed by atoms with Crippen molar-refractivity contribution in [1.29, 1.82) is 0 Å². The van der Waals surface area contributed by atoms with Gasteiger partial charge in [0, 0.05) is 0 Å². The summed E-state index contributed by atoms with van der Waals surface area (Å²) in [5, 5.41) is 76.5. The minimum absolute atomic E-state index is 0. The summed E-state index contributed by atoms with van der Waals surface area (Å²) >= 11 is 0. The van der Waals surface area contributed by atoms with E-state index in [1.165, 1.54) is 0 Å². The Morgan fingerprint density at radius 3 is 1.63 bits per heavy atom. The van der Waals surface area contributed by atoms with Crippen LogP contribution in [-0.4, -0.2) is 191 Å². The zero-order valence-electron chi connectivity index (χ0n) is 15.5. The first-order chi connectivity index (χ1) is 12.8. The Morgan fingerprint density at radius 2 is 1.20 bits per heavy atom. The molecule has 0 aliphatic carbocycles. The quantitative estimate of drug-likeness (QED) is 0.127. The van der Waals surface area contributed by atoms with Crippen molar-refractivity contribution >= 4 is 83.3 Å². The summed E-state index contributed by atoms with van der Waals surface area (Å²) in [6, 6.07) is 0. The minimum Gasteiger partial charge on any atom is -0.822 e. The Balaban J connectivity index is 0. The van der Waals surface area contributed by atoms with Crippen LogP contribution in [0.4, 0.5) is 0 Å². The molecule has 1 unspecified atom stereocenters. The van der Waals surface area contributed by atoms with E-state index in [2.05, 4.69) is 0 Å². The Kier molecular flexibility index (Phi) is 17.5. The van der Waals surface area contributed by atoms with Crippen LogP contribution in [0.25, 0.3) is 0 Å².